The first kappa shape index (κ1) is 22.4. The number of thiophene rings is 1. The summed E-state index contributed by atoms with van der Waals surface area (Å²) in [6.07, 6.45) is 4.15. The highest BCUT2D eigenvalue weighted by Crippen LogP contribution is 2.37. The molecule has 0 spiro atoms. The number of hydrogen-bond acceptors (Lipinski definition) is 7. The fourth-order valence-corrected chi connectivity index (χ4v) is 6.85. The van der Waals surface area contributed by atoms with E-state index < -0.39 is 0 Å². The lowest BCUT2D eigenvalue weighted by Gasteiger charge is -2.29. The molecule has 0 radical (unpaired) electrons. The Hall–Kier alpha value is -2.36. The summed E-state index contributed by atoms with van der Waals surface area (Å²) in [7, 11) is 1.60. The minimum absolute atomic E-state index is 0.0368. The molecule has 174 valence electrons. The van der Waals surface area contributed by atoms with Crippen LogP contribution in [0.1, 0.15) is 30.2 Å². The van der Waals surface area contributed by atoms with Gasteiger partial charge in [-0.2, -0.15) is 0 Å². The van der Waals surface area contributed by atoms with E-state index in [1.54, 1.807) is 23.0 Å². The predicted octanol–water partition coefficient (Wildman–Crippen LogP) is 3.67. The lowest BCUT2D eigenvalue weighted by Crippen LogP contribution is -2.44. The number of thioether (sulfide) groups is 1. The number of carbonyl (C=O) groups excluding carboxylic acids is 1. The van der Waals surface area contributed by atoms with E-state index in [9.17, 15) is 9.59 Å². The summed E-state index contributed by atoms with van der Waals surface area (Å²) >= 11 is 2.96. The van der Waals surface area contributed by atoms with Crippen LogP contribution in [0.3, 0.4) is 0 Å². The zero-order valence-electron chi connectivity index (χ0n) is 18.8. The van der Waals surface area contributed by atoms with E-state index >= 15 is 0 Å². The number of benzene rings is 1. The van der Waals surface area contributed by atoms with Crippen LogP contribution < -0.4 is 10.3 Å². The number of methoxy groups -OCH3 is 1. The normalized spacial score (nSPS) is 17.1. The van der Waals surface area contributed by atoms with Crippen LogP contribution in [0.25, 0.3) is 15.9 Å². The van der Waals surface area contributed by atoms with Crippen molar-refractivity contribution in [2.45, 2.75) is 43.0 Å². The van der Waals surface area contributed by atoms with Gasteiger partial charge >= 0.3 is 0 Å². The van der Waals surface area contributed by atoms with Crippen molar-refractivity contribution >= 4 is 39.2 Å². The van der Waals surface area contributed by atoms with Crippen molar-refractivity contribution in [2.24, 2.45) is 0 Å². The molecule has 0 bridgehead atoms. The highest BCUT2D eigenvalue weighted by Gasteiger charge is 2.28. The topological polar surface area (TPSA) is 73.7 Å². The van der Waals surface area contributed by atoms with Crippen molar-refractivity contribution < 1.29 is 14.3 Å². The summed E-state index contributed by atoms with van der Waals surface area (Å²) in [6.45, 7) is 4.17. The van der Waals surface area contributed by atoms with Crippen LogP contribution in [-0.2, 0) is 22.4 Å². The number of morpholine rings is 1. The molecule has 9 heteroatoms. The number of para-hydroxylation sites is 2. The van der Waals surface area contributed by atoms with E-state index in [1.807, 2.05) is 36.1 Å². The summed E-state index contributed by atoms with van der Waals surface area (Å²) in [5, 5.41) is 0.852. The Morgan fingerprint density at radius 1 is 1.21 bits per heavy atom. The maximum atomic E-state index is 14.0. The van der Waals surface area contributed by atoms with Crippen LogP contribution in [0.2, 0.25) is 0 Å². The zero-order chi connectivity index (χ0) is 22.9. The van der Waals surface area contributed by atoms with Gasteiger partial charge in [0.05, 0.1) is 36.6 Å². The molecular formula is C24H27N3O4S2. The van der Waals surface area contributed by atoms with E-state index in [2.05, 4.69) is 0 Å². The minimum Gasteiger partial charge on any atom is -0.495 e. The molecule has 5 rings (SSSR count). The smallest absolute Gasteiger partial charge is 0.267 e. The van der Waals surface area contributed by atoms with Crippen LogP contribution >= 0.6 is 23.1 Å². The fraction of sp³-hybridized carbons (Fsp3) is 0.458. The number of fused-ring (bicyclic) bond motifs is 3. The minimum atomic E-state index is -0.386. The molecule has 1 aliphatic heterocycles. The number of hydrogen-bond donors (Lipinski definition) is 0. The fourth-order valence-electron chi connectivity index (χ4n) is 4.54. The molecule has 7 nitrogen and oxygen atoms in total. The molecule has 1 atom stereocenters. The molecule has 33 heavy (non-hydrogen) atoms. The van der Waals surface area contributed by atoms with Crippen LogP contribution in [-0.4, -0.2) is 59.0 Å². The van der Waals surface area contributed by atoms with Crippen molar-refractivity contribution in [3.05, 3.63) is 45.1 Å². The Morgan fingerprint density at radius 3 is 2.76 bits per heavy atom. The van der Waals surface area contributed by atoms with Gasteiger partial charge in [-0.15, -0.1) is 11.3 Å². The van der Waals surface area contributed by atoms with Crippen molar-refractivity contribution in [1.82, 2.24) is 14.5 Å². The molecule has 1 saturated heterocycles. The molecule has 1 unspecified atom stereocenters. The highest BCUT2D eigenvalue weighted by molar-refractivity contribution is 8.00. The average Bonchev–Trinajstić information content (AvgIpc) is 3.23. The molecule has 1 fully saturated rings. The highest BCUT2D eigenvalue weighted by atomic mass is 32.2. The summed E-state index contributed by atoms with van der Waals surface area (Å²) in [5.41, 5.74) is 1.71. The van der Waals surface area contributed by atoms with Gasteiger partial charge in [-0.25, -0.2) is 4.98 Å². The molecular weight excluding hydrogens is 458 g/mol. The number of rotatable bonds is 5. The van der Waals surface area contributed by atoms with Gasteiger partial charge in [-0.3, -0.25) is 14.2 Å². The van der Waals surface area contributed by atoms with Crippen molar-refractivity contribution in [1.29, 1.82) is 0 Å². The maximum Gasteiger partial charge on any atom is 0.267 e. The van der Waals surface area contributed by atoms with Crippen LogP contribution in [0.4, 0.5) is 0 Å². The largest absolute Gasteiger partial charge is 0.495 e. The van der Waals surface area contributed by atoms with Gasteiger partial charge in [0.2, 0.25) is 5.91 Å². The first-order valence-corrected chi connectivity index (χ1v) is 13.0. The number of ether oxygens (including phenoxy) is 2. The summed E-state index contributed by atoms with van der Waals surface area (Å²) in [5.74, 6) is 0.633. The van der Waals surface area contributed by atoms with E-state index in [0.29, 0.717) is 42.9 Å². The molecule has 0 saturated carbocycles. The average molecular weight is 486 g/mol. The summed E-state index contributed by atoms with van der Waals surface area (Å²) in [6, 6.07) is 7.47. The number of nitrogens with zero attached hydrogens (tertiary/aromatic N) is 3. The van der Waals surface area contributed by atoms with Crippen molar-refractivity contribution in [3.8, 4) is 11.4 Å². The molecule has 3 aromatic rings. The van der Waals surface area contributed by atoms with Gasteiger partial charge in [0.25, 0.3) is 5.56 Å². The van der Waals surface area contributed by atoms with Gasteiger partial charge in [-0.1, -0.05) is 23.9 Å². The molecule has 0 N–H and O–H groups in total. The first-order valence-electron chi connectivity index (χ1n) is 11.3. The Morgan fingerprint density at radius 2 is 1.97 bits per heavy atom. The number of aromatic nitrogens is 2. The SMILES string of the molecule is COc1ccccc1-n1c(SC(C)C(=O)N2CCOCC2)nc2sc3c(c2c1=O)CCCC3. The second kappa shape index (κ2) is 9.48. The third-order valence-corrected chi connectivity index (χ3v) is 8.46. The molecule has 3 heterocycles. The monoisotopic (exact) mass is 485 g/mol. The predicted molar refractivity (Wildman–Crippen MR) is 131 cm³/mol. The van der Waals surface area contributed by atoms with Crippen molar-refractivity contribution in [2.75, 3.05) is 33.4 Å². The third-order valence-electron chi connectivity index (χ3n) is 6.24. The molecule has 1 aromatic carbocycles. The van der Waals surface area contributed by atoms with Crippen molar-refractivity contribution in [3.63, 3.8) is 0 Å². The molecule has 2 aromatic heterocycles. The summed E-state index contributed by atoms with van der Waals surface area (Å²) in [4.78, 5) is 35.9. The van der Waals surface area contributed by atoms with Gasteiger partial charge < -0.3 is 14.4 Å². The zero-order valence-corrected chi connectivity index (χ0v) is 20.5. The Kier molecular flexibility index (Phi) is 6.44. The standard InChI is InChI=1S/C24H27N3O4S2/c1-15(22(28)26-11-13-31-14-12-26)32-24-25-21-20(16-7-3-6-10-19(16)33-21)23(29)27(24)17-8-4-5-9-18(17)30-2/h4-5,8-9,15H,3,6-7,10-14H2,1-2H3. The van der Waals surface area contributed by atoms with E-state index in [-0.39, 0.29) is 16.7 Å². The van der Waals surface area contributed by atoms with Gasteiger partial charge in [-0.05, 0) is 50.3 Å². The Labute approximate surface area is 200 Å². The lowest BCUT2D eigenvalue weighted by atomic mass is 9.97. The van der Waals surface area contributed by atoms with E-state index in [4.69, 9.17) is 14.5 Å². The molecule has 1 amide bonds. The van der Waals surface area contributed by atoms with Gasteiger partial charge in [0.1, 0.15) is 10.6 Å². The third kappa shape index (κ3) is 4.18. The van der Waals surface area contributed by atoms with Crippen LogP contribution in [0.15, 0.2) is 34.2 Å². The van der Waals surface area contributed by atoms with E-state index in [1.165, 1.54) is 16.6 Å². The molecule has 1 aliphatic carbocycles. The second-order valence-corrected chi connectivity index (χ2v) is 10.7. The maximum absolute atomic E-state index is 14.0. The van der Waals surface area contributed by atoms with Crippen LogP contribution in [0.5, 0.6) is 5.75 Å². The number of carbonyl (C=O) groups is 1. The number of amides is 1. The van der Waals surface area contributed by atoms with Gasteiger partial charge in [0.15, 0.2) is 5.16 Å². The molecule has 2 aliphatic rings. The summed E-state index contributed by atoms with van der Waals surface area (Å²) < 4.78 is 12.6. The lowest BCUT2D eigenvalue weighted by molar-refractivity contribution is -0.134. The number of aryl methyl sites for hydroxylation is 2. The first-order chi connectivity index (χ1) is 16.1. The van der Waals surface area contributed by atoms with E-state index in [0.717, 1.165) is 41.5 Å². The Bertz CT molecular complexity index is 1250. The Balaban J connectivity index is 1.63. The van der Waals surface area contributed by atoms with Crippen LogP contribution in [0, 0.1) is 0 Å². The second-order valence-electron chi connectivity index (χ2n) is 8.30. The quantitative estimate of drug-likeness (QED) is 0.406. The van der Waals surface area contributed by atoms with Gasteiger partial charge in [0, 0.05) is 18.0 Å².